The molecule has 1 aromatic heterocycles. The molecule has 1 unspecified atom stereocenters. The van der Waals surface area contributed by atoms with E-state index in [-0.39, 0.29) is 22.4 Å². The average Bonchev–Trinajstić information content (AvgIpc) is 2.68. The molecule has 2 nitrogen and oxygen atoms in total. The lowest BCUT2D eigenvalue weighted by Gasteiger charge is -2.18. The predicted octanol–water partition coefficient (Wildman–Crippen LogP) is 4.68. The summed E-state index contributed by atoms with van der Waals surface area (Å²) in [6.07, 6.45) is -3.81. The summed E-state index contributed by atoms with van der Waals surface area (Å²) in [6, 6.07) is 2.37. The molecule has 0 spiro atoms. The Labute approximate surface area is 122 Å². The average molecular weight is 327 g/mol. The van der Waals surface area contributed by atoms with Gasteiger partial charge in [-0.15, -0.1) is 11.6 Å². The monoisotopic (exact) mass is 326 g/mol. The van der Waals surface area contributed by atoms with Crippen molar-refractivity contribution in [2.45, 2.75) is 38.1 Å². The molecule has 0 aliphatic rings. The first-order valence-electron chi connectivity index (χ1n) is 6.10. The molecule has 2 aromatic rings. The molecule has 0 saturated heterocycles. The van der Waals surface area contributed by atoms with Gasteiger partial charge in [-0.25, -0.2) is 18.2 Å². The first kappa shape index (κ1) is 16.0. The van der Waals surface area contributed by atoms with Crippen LogP contribution in [0.1, 0.15) is 23.7 Å². The molecule has 0 N–H and O–H groups in total. The third-order valence-electron chi connectivity index (χ3n) is 3.10. The van der Waals surface area contributed by atoms with Crippen LogP contribution in [0.3, 0.4) is 0 Å². The van der Waals surface area contributed by atoms with Gasteiger partial charge in [-0.1, -0.05) is 0 Å². The van der Waals surface area contributed by atoms with Gasteiger partial charge in [-0.2, -0.15) is 8.78 Å². The van der Waals surface area contributed by atoms with Gasteiger partial charge in [0.25, 0.3) is 0 Å². The van der Waals surface area contributed by atoms with Crippen molar-refractivity contribution >= 4 is 22.6 Å². The van der Waals surface area contributed by atoms with E-state index in [0.717, 1.165) is 10.6 Å². The fraction of sp³-hybridized carbons (Fsp3) is 0.462. The van der Waals surface area contributed by atoms with Crippen molar-refractivity contribution in [1.82, 2.24) is 9.55 Å². The Morgan fingerprint density at radius 3 is 2.48 bits per heavy atom. The molecule has 1 heterocycles. The molecule has 0 bridgehead atoms. The number of rotatable bonds is 4. The van der Waals surface area contributed by atoms with Crippen LogP contribution < -0.4 is 0 Å². The number of hydrogen-bond acceptors (Lipinski definition) is 1. The number of nitrogens with zero attached hydrogens (tertiary/aromatic N) is 2. The Morgan fingerprint density at radius 2 is 1.95 bits per heavy atom. The molecule has 1 atom stereocenters. The van der Waals surface area contributed by atoms with Crippen LogP contribution in [0.2, 0.25) is 0 Å². The van der Waals surface area contributed by atoms with Gasteiger partial charge < -0.3 is 4.57 Å². The molecule has 116 valence electrons. The van der Waals surface area contributed by atoms with E-state index < -0.39 is 30.1 Å². The second kappa shape index (κ2) is 5.44. The maximum atomic E-state index is 13.5. The van der Waals surface area contributed by atoms with Crippen molar-refractivity contribution in [2.24, 2.45) is 0 Å². The quantitative estimate of drug-likeness (QED) is 0.589. The zero-order valence-electron chi connectivity index (χ0n) is 11.2. The van der Waals surface area contributed by atoms with Gasteiger partial charge in [0.15, 0.2) is 0 Å². The highest BCUT2D eigenvalue weighted by atomic mass is 35.5. The number of hydrogen-bond donors (Lipinski definition) is 0. The van der Waals surface area contributed by atoms with Crippen LogP contribution in [-0.4, -0.2) is 21.9 Å². The van der Waals surface area contributed by atoms with Crippen LogP contribution in [0.15, 0.2) is 12.1 Å². The first-order chi connectivity index (χ1) is 9.63. The SMILES string of the molecule is Cc1cc2c(cc1F)nc(C(C)Cl)n2CC(F)(F)C(F)F. The van der Waals surface area contributed by atoms with Crippen LogP contribution in [0.4, 0.5) is 22.0 Å². The van der Waals surface area contributed by atoms with Gasteiger partial charge in [0.05, 0.1) is 23.0 Å². The zero-order chi connectivity index (χ0) is 15.9. The fourth-order valence-corrected chi connectivity index (χ4v) is 2.18. The molecular weight excluding hydrogens is 315 g/mol. The Bertz CT molecular complexity index is 666. The molecule has 1 aromatic carbocycles. The summed E-state index contributed by atoms with van der Waals surface area (Å²) in [5.74, 6) is -4.78. The van der Waals surface area contributed by atoms with Crippen LogP contribution >= 0.6 is 11.6 Å². The summed E-state index contributed by atoms with van der Waals surface area (Å²) in [4.78, 5) is 3.97. The summed E-state index contributed by atoms with van der Waals surface area (Å²) >= 11 is 5.86. The van der Waals surface area contributed by atoms with Crippen LogP contribution in [0.25, 0.3) is 11.0 Å². The summed E-state index contributed by atoms with van der Waals surface area (Å²) in [5.41, 5.74) is 0.459. The van der Waals surface area contributed by atoms with Crippen molar-refractivity contribution in [3.05, 3.63) is 29.3 Å². The highest BCUT2D eigenvalue weighted by molar-refractivity contribution is 6.20. The maximum Gasteiger partial charge on any atom is 0.324 e. The van der Waals surface area contributed by atoms with E-state index in [1.807, 2.05) is 0 Å². The number of imidazole rings is 1. The lowest BCUT2D eigenvalue weighted by molar-refractivity contribution is -0.137. The second-order valence-electron chi connectivity index (χ2n) is 4.82. The van der Waals surface area contributed by atoms with Crippen LogP contribution in [0, 0.1) is 12.7 Å². The number of halogens is 6. The molecule has 0 aliphatic carbocycles. The van der Waals surface area contributed by atoms with E-state index in [0.29, 0.717) is 0 Å². The standard InChI is InChI=1S/C13H12ClF5N2/c1-6-3-10-9(4-8(6)15)20-11(7(2)14)21(10)5-13(18,19)12(16)17/h3-4,7,12H,5H2,1-2H3. The lowest BCUT2D eigenvalue weighted by atomic mass is 10.2. The molecular formula is C13H12ClF5N2. The van der Waals surface area contributed by atoms with Gasteiger partial charge >= 0.3 is 12.3 Å². The van der Waals surface area contributed by atoms with Crippen molar-refractivity contribution in [2.75, 3.05) is 0 Å². The van der Waals surface area contributed by atoms with Gasteiger partial charge in [0.1, 0.15) is 11.6 Å². The third-order valence-corrected chi connectivity index (χ3v) is 3.30. The molecule has 0 aliphatic heterocycles. The van der Waals surface area contributed by atoms with Gasteiger partial charge in [-0.3, -0.25) is 0 Å². The summed E-state index contributed by atoms with van der Waals surface area (Å²) < 4.78 is 65.9. The number of alkyl halides is 5. The topological polar surface area (TPSA) is 17.8 Å². The van der Waals surface area contributed by atoms with Gasteiger partial charge in [-0.05, 0) is 25.5 Å². The molecule has 0 saturated carbocycles. The minimum absolute atomic E-state index is 0.00279. The fourth-order valence-electron chi connectivity index (χ4n) is 2.02. The Hall–Kier alpha value is -1.37. The highest BCUT2D eigenvalue weighted by Crippen LogP contribution is 2.31. The molecule has 2 rings (SSSR count). The number of fused-ring (bicyclic) bond motifs is 1. The molecule has 8 heteroatoms. The maximum absolute atomic E-state index is 13.5. The Morgan fingerprint density at radius 1 is 1.33 bits per heavy atom. The summed E-state index contributed by atoms with van der Waals surface area (Å²) in [5, 5.41) is -0.783. The van der Waals surface area contributed by atoms with E-state index in [1.165, 1.54) is 19.9 Å². The second-order valence-corrected chi connectivity index (χ2v) is 5.48. The zero-order valence-corrected chi connectivity index (χ0v) is 11.9. The Kier molecular flexibility index (Phi) is 4.15. The van der Waals surface area contributed by atoms with Crippen molar-refractivity contribution in [3.8, 4) is 0 Å². The van der Waals surface area contributed by atoms with Crippen molar-refractivity contribution in [1.29, 1.82) is 0 Å². The first-order valence-corrected chi connectivity index (χ1v) is 6.53. The van der Waals surface area contributed by atoms with Gasteiger partial charge in [0.2, 0.25) is 0 Å². The predicted molar refractivity (Wildman–Crippen MR) is 69.6 cm³/mol. The lowest BCUT2D eigenvalue weighted by Crippen LogP contribution is -2.32. The van der Waals surface area contributed by atoms with E-state index in [4.69, 9.17) is 11.6 Å². The van der Waals surface area contributed by atoms with E-state index >= 15 is 0 Å². The normalized spacial score (nSPS) is 14.1. The minimum Gasteiger partial charge on any atom is -0.320 e. The molecule has 0 radical (unpaired) electrons. The summed E-state index contributed by atoms with van der Waals surface area (Å²) in [7, 11) is 0. The number of aromatic nitrogens is 2. The van der Waals surface area contributed by atoms with E-state index in [1.54, 1.807) is 0 Å². The number of benzene rings is 1. The Balaban J connectivity index is 2.64. The van der Waals surface area contributed by atoms with Crippen molar-refractivity contribution < 1.29 is 22.0 Å². The largest absolute Gasteiger partial charge is 0.324 e. The van der Waals surface area contributed by atoms with Crippen LogP contribution in [0.5, 0.6) is 0 Å². The third kappa shape index (κ3) is 2.97. The molecule has 0 amide bonds. The minimum atomic E-state index is -4.23. The van der Waals surface area contributed by atoms with Crippen molar-refractivity contribution in [3.63, 3.8) is 0 Å². The van der Waals surface area contributed by atoms with E-state index in [2.05, 4.69) is 4.98 Å². The van der Waals surface area contributed by atoms with Crippen LogP contribution in [-0.2, 0) is 6.54 Å². The molecule has 21 heavy (non-hydrogen) atoms. The molecule has 0 fully saturated rings. The highest BCUT2D eigenvalue weighted by Gasteiger charge is 2.42. The van der Waals surface area contributed by atoms with Gasteiger partial charge in [0, 0.05) is 6.07 Å². The number of aryl methyl sites for hydroxylation is 1. The smallest absolute Gasteiger partial charge is 0.320 e. The van der Waals surface area contributed by atoms with E-state index in [9.17, 15) is 22.0 Å². The summed E-state index contributed by atoms with van der Waals surface area (Å²) in [6.45, 7) is 1.66.